The first-order chi connectivity index (χ1) is 12.6. The average Bonchev–Trinajstić information content (AvgIpc) is 3.06. The fourth-order valence-corrected chi connectivity index (χ4v) is 4.26. The molecule has 1 amide bonds. The quantitative estimate of drug-likeness (QED) is 0.746. The van der Waals surface area contributed by atoms with E-state index < -0.39 is 0 Å². The van der Waals surface area contributed by atoms with Crippen molar-refractivity contribution in [2.45, 2.75) is 13.5 Å². The summed E-state index contributed by atoms with van der Waals surface area (Å²) in [5, 5.41) is 0. The van der Waals surface area contributed by atoms with Crippen molar-refractivity contribution in [1.29, 1.82) is 0 Å². The van der Waals surface area contributed by atoms with Gasteiger partial charge in [0.25, 0.3) is 0 Å². The number of carbonyl (C=O) groups excluding carboxylic acids is 1. The molecule has 0 spiro atoms. The Bertz CT molecular complexity index is 746. The summed E-state index contributed by atoms with van der Waals surface area (Å²) >= 11 is 7.53. The number of para-hydroxylation sites is 1. The van der Waals surface area contributed by atoms with Crippen molar-refractivity contribution in [2.24, 2.45) is 0 Å². The minimum absolute atomic E-state index is 0.127. The Labute approximate surface area is 162 Å². The van der Waals surface area contributed by atoms with Crippen LogP contribution in [-0.4, -0.2) is 55.0 Å². The van der Waals surface area contributed by atoms with Crippen molar-refractivity contribution in [3.05, 3.63) is 51.4 Å². The predicted molar refractivity (Wildman–Crippen MR) is 105 cm³/mol. The van der Waals surface area contributed by atoms with Gasteiger partial charge < -0.3 is 9.80 Å². The van der Waals surface area contributed by atoms with E-state index in [1.807, 2.05) is 28.0 Å². The van der Waals surface area contributed by atoms with Gasteiger partial charge in [-0.25, -0.2) is 4.39 Å². The molecule has 2 heterocycles. The van der Waals surface area contributed by atoms with Gasteiger partial charge in [-0.1, -0.05) is 30.7 Å². The van der Waals surface area contributed by atoms with Gasteiger partial charge in [0.15, 0.2) is 0 Å². The van der Waals surface area contributed by atoms with Gasteiger partial charge >= 0.3 is 0 Å². The van der Waals surface area contributed by atoms with Gasteiger partial charge in [0.1, 0.15) is 5.82 Å². The third-order valence-electron chi connectivity index (χ3n) is 4.64. The molecule has 0 unspecified atom stereocenters. The maximum absolute atomic E-state index is 13.9. The summed E-state index contributed by atoms with van der Waals surface area (Å²) in [5.74, 6) is -0.0817. The molecular formula is C19H23ClFN3OS. The van der Waals surface area contributed by atoms with Crippen LogP contribution < -0.4 is 4.90 Å². The third-order valence-corrected chi connectivity index (χ3v) is 5.86. The summed E-state index contributed by atoms with van der Waals surface area (Å²) in [6.45, 7) is 6.53. The van der Waals surface area contributed by atoms with Crippen LogP contribution in [0.3, 0.4) is 0 Å². The van der Waals surface area contributed by atoms with Crippen LogP contribution in [0.15, 0.2) is 36.4 Å². The van der Waals surface area contributed by atoms with Crippen LogP contribution in [-0.2, 0) is 11.3 Å². The van der Waals surface area contributed by atoms with E-state index >= 15 is 0 Å². The summed E-state index contributed by atoms with van der Waals surface area (Å²) in [4.78, 5) is 19.8. The number of nitrogens with zero attached hydrogens (tertiary/aromatic N) is 3. The fraction of sp³-hybridized carbons (Fsp3) is 0.421. The highest BCUT2D eigenvalue weighted by Crippen LogP contribution is 2.23. The lowest BCUT2D eigenvalue weighted by atomic mass is 10.2. The number of likely N-dealkylation sites (N-methyl/N-ethyl adjacent to an activating group) is 1. The van der Waals surface area contributed by atoms with Crippen molar-refractivity contribution in [3.8, 4) is 0 Å². The highest BCUT2D eigenvalue weighted by Gasteiger charge is 2.23. The maximum atomic E-state index is 13.9. The van der Waals surface area contributed by atoms with Gasteiger partial charge in [0, 0.05) is 37.6 Å². The molecule has 0 N–H and O–H groups in total. The normalized spacial score (nSPS) is 14.9. The lowest BCUT2D eigenvalue weighted by Crippen LogP contribution is -2.51. The zero-order valence-corrected chi connectivity index (χ0v) is 16.4. The van der Waals surface area contributed by atoms with Gasteiger partial charge in [0.05, 0.1) is 16.6 Å². The van der Waals surface area contributed by atoms with Crippen LogP contribution >= 0.6 is 22.9 Å². The topological polar surface area (TPSA) is 26.8 Å². The molecule has 1 fully saturated rings. The first kappa shape index (κ1) is 19.1. The minimum Gasteiger partial charge on any atom is -0.366 e. The molecule has 1 aromatic carbocycles. The molecule has 0 atom stereocenters. The lowest BCUT2D eigenvalue weighted by molar-refractivity contribution is -0.132. The molecule has 140 valence electrons. The SMILES string of the molecule is CCN(CC(=O)N1CCN(c2ccccc2F)CC1)Cc1ccc(Cl)s1. The molecule has 3 rings (SSSR count). The number of amides is 1. The zero-order chi connectivity index (χ0) is 18.5. The van der Waals surface area contributed by atoms with Gasteiger partial charge in [-0.05, 0) is 30.8 Å². The number of thiophene rings is 1. The second kappa shape index (κ2) is 8.84. The van der Waals surface area contributed by atoms with Gasteiger partial charge in [0.2, 0.25) is 5.91 Å². The smallest absolute Gasteiger partial charge is 0.236 e. The molecule has 1 aliphatic rings. The van der Waals surface area contributed by atoms with Gasteiger partial charge in [-0.3, -0.25) is 9.69 Å². The third kappa shape index (κ3) is 4.75. The summed E-state index contributed by atoms with van der Waals surface area (Å²) < 4.78 is 14.7. The molecule has 26 heavy (non-hydrogen) atoms. The highest BCUT2D eigenvalue weighted by atomic mass is 35.5. The Balaban J connectivity index is 1.52. The Morgan fingerprint density at radius 2 is 1.92 bits per heavy atom. The van der Waals surface area contributed by atoms with E-state index in [9.17, 15) is 9.18 Å². The van der Waals surface area contributed by atoms with Crippen molar-refractivity contribution in [1.82, 2.24) is 9.80 Å². The van der Waals surface area contributed by atoms with E-state index in [1.165, 1.54) is 6.07 Å². The number of hydrogen-bond donors (Lipinski definition) is 0. The Hall–Kier alpha value is -1.63. The van der Waals surface area contributed by atoms with E-state index in [1.54, 1.807) is 23.5 Å². The van der Waals surface area contributed by atoms with Crippen LogP contribution in [0.4, 0.5) is 10.1 Å². The van der Waals surface area contributed by atoms with Crippen molar-refractivity contribution < 1.29 is 9.18 Å². The largest absolute Gasteiger partial charge is 0.366 e. The second-order valence-electron chi connectivity index (χ2n) is 6.33. The van der Waals surface area contributed by atoms with E-state index in [0.29, 0.717) is 38.4 Å². The van der Waals surface area contributed by atoms with E-state index in [-0.39, 0.29) is 11.7 Å². The number of rotatable bonds is 6. The first-order valence-corrected chi connectivity index (χ1v) is 10.00. The van der Waals surface area contributed by atoms with Gasteiger partial charge in [-0.2, -0.15) is 0 Å². The molecule has 0 radical (unpaired) electrons. The van der Waals surface area contributed by atoms with Crippen molar-refractivity contribution in [3.63, 3.8) is 0 Å². The number of halogens is 2. The lowest BCUT2D eigenvalue weighted by Gasteiger charge is -2.37. The van der Waals surface area contributed by atoms with Crippen LogP contribution in [0.2, 0.25) is 4.34 Å². The molecule has 0 saturated carbocycles. The fourth-order valence-electron chi connectivity index (χ4n) is 3.13. The zero-order valence-electron chi connectivity index (χ0n) is 14.8. The Morgan fingerprint density at radius 1 is 1.19 bits per heavy atom. The Morgan fingerprint density at radius 3 is 2.54 bits per heavy atom. The van der Waals surface area contributed by atoms with E-state index in [0.717, 1.165) is 22.3 Å². The van der Waals surface area contributed by atoms with Crippen molar-refractivity contribution >= 4 is 34.5 Å². The highest BCUT2D eigenvalue weighted by molar-refractivity contribution is 7.16. The molecule has 0 aliphatic carbocycles. The van der Waals surface area contributed by atoms with E-state index in [2.05, 4.69) is 11.8 Å². The summed E-state index contributed by atoms with van der Waals surface area (Å²) in [5.41, 5.74) is 0.615. The van der Waals surface area contributed by atoms with Crippen molar-refractivity contribution in [2.75, 3.05) is 44.2 Å². The maximum Gasteiger partial charge on any atom is 0.236 e. The number of piperazine rings is 1. The number of carbonyl (C=O) groups is 1. The molecule has 2 aromatic rings. The summed E-state index contributed by atoms with van der Waals surface area (Å²) in [7, 11) is 0. The van der Waals surface area contributed by atoms with Crippen LogP contribution in [0.5, 0.6) is 0 Å². The molecule has 1 aromatic heterocycles. The van der Waals surface area contributed by atoms with Crippen LogP contribution in [0.1, 0.15) is 11.8 Å². The molecule has 0 bridgehead atoms. The van der Waals surface area contributed by atoms with Crippen LogP contribution in [0, 0.1) is 5.82 Å². The first-order valence-electron chi connectivity index (χ1n) is 8.80. The monoisotopic (exact) mass is 395 g/mol. The molecule has 1 aliphatic heterocycles. The van der Waals surface area contributed by atoms with Gasteiger partial charge in [-0.15, -0.1) is 11.3 Å². The summed E-state index contributed by atoms with van der Waals surface area (Å²) in [6, 6.07) is 10.7. The molecule has 1 saturated heterocycles. The molecular weight excluding hydrogens is 373 g/mol. The standard InChI is InChI=1S/C19H23ClFN3OS/c1-2-22(13-15-7-8-18(20)26-15)14-19(25)24-11-9-23(10-12-24)17-6-4-3-5-16(17)21/h3-8H,2,9-14H2,1H3. The number of anilines is 1. The Kier molecular flexibility index (Phi) is 6.51. The summed E-state index contributed by atoms with van der Waals surface area (Å²) in [6.07, 6.45) is 0. The molecule has 7 heteroatoms. The second-order valence-corrected chi connectivity index (χ2v) is 8.13. The number of hydrogen-bond acceptors (Lipinski definition) is 4. The van der Waals surface area contributed by atoms with Crippen LogP contribution in [0.25, 0.3) is 0 Å². The molecule has 4 nitrogen and oxygen atoms in total. The minimum atomic E-state index is -0.209. The van der Waals surface area contributed by atoms with E-state index in [4.69, 9.17) is 11.6 Å². The average molecular weight is 396 g/mol. The number of benzene rings is 1. The predicted octanol–water partition coefficient (Wildman–Crippen LogP) is 3.71.